The Morgan fingerprint density at radius 1 is 1.29 bits per heavy atom. The molecular formula is C17H28N2O2. The van der Waals surface area contributed by atoms with E-state index < -0.39 is 0 Å². The standard InChI is InChI=1S/C17H28N2O2/c1-13(2)15-11-18-14(3)12-19(15)9-10-21-17-8-6-5-7-16(17)20-4/h5-8,13-15,18H,9-12H2,1-4H3. The Balaban J connectivity index is 1.88. The quantitative estimate of drug-likeness (QED) is 0.873. The Kier molecular flexibility index (Phi) is 5.88. The van der Waals surface area contributed by atoms with Gasteiger partial charge in [0.1, 0.15) is 6.61 Å². The third-order valence-corrected chi connectivity index (χ3v) is 4.13. The van der Waals surface area contributed by atoms with Crippen LogP contribution in [-0.4, -0.2) is 50.3 Å². The maximum absolute atomic E-state index is 5.91. The van der Waals surface area contributed by atoms with Crippen LogP contribution in [0.5, 0.6) is 11.5 Å². The summed E-state index contributed by atoms with van der Waals surface area (Å²) in [7, 11) is 1.68. The third kappa shape index (κ3) is 4.35. The Labute approximate surface area is 128 Å². The molecule has 1 N–H and O–H groups in total. The molecule has 4 heteroatoms. The van der Waals surface area contributed by atoms with Crippen molar-refractivity contribution in [2.45, 2.75) is 32.9 Å². The highest BCUT2D eigenvalue weighted by Crippen LogP contribution is 2.25. The van der Waals surface area contributed by atoms with E-state index in [0.717, 1.165) is 31.1 Å². The van der Waals surface area contributed by atoms with Crippen molar-refractivity contribution in [3.8, 4) is 11.5 Å². The van der Waals surface area contributed by atoms with Gasteiger partial charge in [0.25, 0.3) is 0 Å². The fourth-order valence-corrected chi connectivity index (χ4v) is 2.93. The van der Waals surface area contributed by atoms with E-state index in [-0.39, 0.29) is 0 Å². The van der Waals surface area contributed by atoms with Crippen molar-refractivity contribution in [3.05, 3.63) is 24.3 Å². The van der Waals surface area contributed by atoms with Gasteiger partial charge in [0, 0.05) is 31.7 Å². The van der Waals surface area contributed by atoms with Crippen LogP contribution in [0.3, 0.4) is 0 Å². The van der Waals surface area contributed by atoms with Gasteiger partial charge in [-0.2, -0.15) is 0 Å². The second-order valence-corrected chi connectivity index (χ2v) is 6.11. The number of hydrogen-bond acceptors (Lipinski definition) is 4. The number of para-hydroxylation sites is 2. The number of nitrogens with zero attached hydrogens (tertiary/aromatic N) is 1. The molecule has 1 aliphatic rings. The summed E-state index contributed by atoms with van der Waals surface area (Å²) < 4.78 is 11.2. The molecule has 21 heavy (non-hydrogen) atoms. The van der Waals surface area contributed by atoms with Crippen molar-refractivity contribution < 1.29 is 9.47 Å². The van der Waals surface area contributed by atoms with Crippen LogP contribution in [0.25, 0.3) is 0 Å². The smallest absolute Gasteiger partial charge is 0.161 e. The van der Waals surface area contributed by atoms with Crippen LogP contribution in [0, 0.1) is 5.92 Å². The zero-order valence-electron chi connectivity index (χ0n) is 13.6. The average molecular weight is 292 g/mol. The van der Waals surface area contributed by atoms with Gasteiger partial charge < -0.3 is 14.8 Å². The molecule has 118 valence electrons. The molecule has 2 atom stereocenters. The van der Waals surface area contributed by atoms with Gasteiger partial charge in [0.15, 0.2) is 11.5 Å². The van der Waals surface area contributed by atoms with Crippen molar-refractivity contribution in [1.82, 2.24) is 10.2 Å². The molecule has 2 rings (SSSR count). The van der Waals surface area contributed by atoms with E-state index >= 15 is 0 Å². The molecule has 4 nitrogen and oxygen atoms in total. The molecule has 0 amide bonds. The first-order valence-electron chi connectivity index (χ1n) is 7.85. The SMILES string of the molecule is COc1ccccc1OCCN1CC(C)NCC1C(C)C. The fraction of sp³-hybridized carbons (Fsp3) is 0.647. The largest absolute Gasteiger partial charge is 0.493 e. The maximum atomic E-state index is 5.91. The van der Waals surface area contributed by atoms with Crippen molar-refractivity contribution in [2.75, 3.05) is 33.4 Å². The minimum Gasteiger partial charge on any atom is -0.493 e. The first kappa shape index (κ1) is 16.1. The molecule has 2 unspecified atom stereocenters. The number of piperazine rings is 1. The predicted molar refractivity (Wildman–Crippen MR) is 86.2 cm³/mol. The van der Waals surface area contributed by atoms with Gasteiger partial charge >= 0.3 is 0 Å². The molecule has 1 fully saturated rings. The van der Waals surface area contributed by atoms with Crippen LogP contribution in [0.1, 0.15) is 20.8 Å². The minimum atomic E-state index is 0.547. The van der Waals surface area contributed by atoms with Gasteiger partial charge in [-0.05, 0) is 25.0 Å². The molecule has 0 radical (unpaired) electrons. The third-order valence-electron chi connectivity index (χ3n) is 4.13. The highest BCUT2D eigenvalue weighted by molar-refractivity contribution is 5.39. The van der Waals surface area contributed by atoms with Crippen molar-refractivity contribution in [2.24, 2.45) is 5.92 Å². The van der Waals surface area contributed by atoms with Gasteiger partial charge in [0.05, 0.1) is 7.11 Å². The predicted octanol–water partition coefficient (Wildman–Crippen LogP) is 2.39. The summed E-state index contributed by atoms with van der Waals surface area (Å²) in [6, 6.07) is 8.95. The van der Waals surface area contributed by atoms with Gasteiger partial charge in [-0.1, -0.05) is 26.0 Å². The second kappa shape index (κ2) is 7.66. The van der Waals surface area contributed by atoms with Crippen LogP contribution in [-0.2, 0) is 0 Å². The molecule has 0 bridgehead atoms. The van der Waals surface area contributed by atoms with Gasteiger partial charge in [-0.25, -0.2) is 0 Å². The number of benzene rings is 1. The molecule has 0 aliphatic carbocycles. The summed E-state index contributed by atoms with van der Waals surface area (Å²) in [5, 5.41) is 3.57. The summed E-state index contributed by atoms with van der Waals surface area (Å²) in [4.78, 5) is 2.54. The van der Waals surface area contributed by atoms with Crippen molar-refractivity contribution in [3.63, 3.8) is 0 Å². The maximum Gasteiger partial charge on any atom is 0.161 e. The number of nitrogens with one attached hydrogen (secondary N) is 1. The van der Waals surface area contributed by atoms with Crippen LogP contribution in [0.4, 0.5) is 0 Å². The lowest BCUT2D eigenvalue weighted by atomic mass is 9.99. The Hall–Kier alpha value is -1.26. The van der Waals surface area contributed by atoms with Gasteiger partial charge in [0.2, 0.25) is 0 Å². The zero-order chi connectivity index (χ0) is 15.2. The fourth-order valence-electron chi connectivity index (χ4n) is 2.93. The van der Waals surface area contributed by atoms with Crippen LogP contribution >= 0.6 is 0 Å². The highest BCUT2D eigenvalue weighted by atomic mass is 16.5. The van der Waals surface area contributed by atoms with E-state index in [2.05, 4.69) is 31.0 Å². The van der Waals surface area contributed by atoms with Gasteiger partial charge in [-0.15, -0.1) is 0 Å². The summed E-state index contributed by atoms with van der Waals surface area (Å²) in [6.45, 7) is 10.6. The number of rotatable bonds is 6. The molecule has 1 aromatic carbocycles. The lowest BCUT2D eigenvalue weighted by molar-refractivity contribution is 0.0859. The molecular weight excluding hydrogens is 264 g/mol. The van der Waals surface area contributed by atoms with E-state index in [1.54, 1.807) is 7.11 Å². The Bertz CT molecular complexity index is 437. The average Bonchev–Trinajstić information content (AvgIpc) is 2.47. The lowest BCUT2D eigenvalue weighted by Gasteiger charge is -2.41. The molecule has 1 aliphatic heterocycles. The van der Waals surface area contributed by atoms with Crippen molar-refractivity contribution in [1.29, 1.82) is 0 Å². The van der Waals surface area contributed by atoms with E-state index in [1.807, 2.05) is 24.3 Å². The molecule has 0 saturated carbocycles. The summed E-state index contributed by atoms with van der Waals surface area (Å²) >= 11 is 0. The van der Waals surface area contributed by atoms with Crippen LogP contribution in [0.2, 0.25) is 0 Å². The monoisotopic (exact) mass is 292 g/mol. The number of methoxy groups -OCH3 is 1. The molecule has 0 aromatic heterocycles. The van der Waals surface area contributed by atoms with E-state index in [4.69, 9.17) is 9.47 Å². The molecule has 1 aromatic rings. The number of ether oxygens (including phenoxy) is 2. The second-order valence-electron chi connectivity index (χ2n) is 6.11. The van der Waals surface area contributed by atoms with E-state index in [1.165, 1.54) is 0 Å². The molecule has 0 spiro atoms. The minimum absolute atomic E-state index is 0.547. The van der Waals surface area contributed by atoms with Crippen LogP contribution < -0.4 is 14.8 Å². The van der Waals surface area contributed by atoms with Gasteiger partial charge in [-0.3, -0.25) is 4.90 Å². The normalized spacial score (nSPS) is 23.3. The first-order valence-corrected chi connectivity index (χ1v) is 7.85. The first-order chi connectivity index (χ1) is 10.1. The summed E-state index contributed by atoms with van der Waals surface area (Å²) in [6.07, 6.45) is 0. The lowest BCUT2D eigenvalue weighted by Crippen LogP contribution is -2.58. The van der Waals surface area contributed by atoms with E-state index in [9.17, 15) is 0 Å². The Morgan fingerprint density at radius 3 is 2.67 bits per heavy atom. The summed E-state index contributed by atoms with van der Waals surface area (Å²) in [5.41, 5.74) is 0. The van der Waals surface area contributed by atoms with E-state index in [0.29, 0.717) is 24.6 Å². The topological polar surface area (TPSA) is 33.7 Å². The Morgan fingerprint density at radius 2 is 2.00 bits per heavy atom. The molecule has 1 saturated heterocycles. The number of hydrogen-bond donors (Lipinski definition) is 1. The zero-order valence-corrected chi connectivity index (χ0v) is 13.6. The van der Waals surface area contributed by atoms with Crippen LogP contribution in [0.15, 0.2) is 24.3 Å². The summed E-state index contributed by atoms with van der Waals surface area (Å²) in [5.74, 6) is 2.27. The van der Waals surface area contributed by atoms with Crippen molar-refractivity contribution >= 4 is 0 Å². The molecule has 1 heterocycles. The highest BCUT2D eigenvalue weighted by Gasteiger charge is 2.27.